The Hall–Kier alpha value is -0.950. The van der Waals surface area contributed by atoms with Crippen molar-refractivity contribution in [3.63, 3.8) is 0 Å². The summed E-state index contributed by atoms with van der Waals surface area (Å²) in [4.78, 5) is 0.656. The first-order valence-corrected chi connectivity index (χ1v) is 10.6. The van der Waals surface area contributed by atoms with Crippen LogP contribution in [0, 0.1) is 3.57 Å². The molecule has 25 heavy (non-hydrogen) atoms. The maximum atomic E-state index is 5.55. The maximum absolute atomic E-state index is 5.55. The van der Waals surface area contributed by atoms with E-state index in [-0.39, 0.29) is 5.41 Å². The Morgan fingerprint density at radius 1 is 1.16 bits per heavy atom. The molecule has 3 nitrogen and oxygen atoms in total. The van der Waals surface area contributed by atoms with E-state index in [0.29, 0.717) is 10.9 Å². The number of aromatic nitrogens is 1. The highest BCUT2D eigenvalue weighted by molar-refractivity contribution is 14.1. The highest BCUT2D eigenvalue weighted by atomic mass is 127. The molecule has 0 spiro atoms. The fourth-order valence-electron chi connectivity index (χ4n) is 3.18. The van der Waals surface area contributed by atoms with E-state index in [4.69, 9.17) is 16.7 Å². The summed E-state index contributed by atoms with van der Waals surface area (Å²) >= 11 is 7.77. The van der Waals surface area contributed by atoms with Crippen LogP contribution in [0.3, 0.4) is 0 Å². The van der Waals surface area contributed by atoms with E-state index in [1.807, 2.05) is 30.3 Å². The van der Waals surface area contributed by atoms with Crippen molar-refractivity contribution in [2.75, 3.05) is 5.32 Å². The number of benzene rings is 1. The van der Waals surface area contributed by atoms with Crippen molar-refractivity contribution < 1.29 is 4.52 Å². The van der Waals surface area contributed by atoms with Gasteiger partial charge in [-0.15, -0.1) is 0 Å². The monoisotopic (exact) mass is 470 g/mol. The van der Waals surface area contributed by atoms with Gasteiger partial charge in [0.05, 0.1) is 5.69 Å². The number of thiocarbonyl (C=S) groups is 1. The molecule has 0 bridgehead atoms. The molecule has 0 saturated carbocycles. The molecule has 2 aromatic rings. The van der Waals surface area contributed by atoms with Crippen molar-refractivity contribution in [2.45, 2.75) is 64.7 Å². The van der Waals surface area contributed by atoms with Gasteiger partial charge in [-0.05, 0) is 54.0 Å². The summed E-state index contributed by atoms with van der Waals surface area (Å²) in [6.45, 7) is 6.73. The number of unbranched alkanes of at least 4 members (excludes halogenated alkanes) is 2. The molecule has 136 valence electrons. The van der Waals surface area contributed by atoms with Gasteiger partial charge in [-0.1, -0.05) is 69.5 Å². The van der Waals surface area contributed by atoms with Crippen molar-refractivity contribution in [2.24, 2.45) is 0 Å². The Morgan fingerprint density at radius 3 is 2.44 bits per heavy atom. The van der Waals surface area contributed by atoms with Crippen LogP contribution >= 0.6 is 34.8 Å². The van der Waals surface area contributed by atoms with Crippen molar-refractivity contribution in [3.05, 3.63) is 45.2 Å². The average molecular weight is 470 g/mol. The Kier molecular flexibility index (Phi) is 7.87. The first kappa shape index (κ1) is 20.4. The molecule has 0 aliphatic rings. The Labute approximate surface area is 170 Å². The number of anilines is 1. The molecule has 0 unspecified atom stereocenters. The SMILES string of the molecule is CCCCCC(CC)(CC)c1cc(NC(=S)c2ccc(I)cc2)on1. The van der Waals surface area contributed by atoms with Crippen molar-refractivity contribution >= 4 is 45.7 Å². The Morgan fingerprint density at radius 2 is 1.84 bits per heavy atom. The van der Waals surface area contributed by atoms with Crippen LogP contribution in [0.1, 0.15) is 70.6 Å². The van der Waals surface area contributed by atoms with E-state index in [9.17, 15) is 0 Å². The summed E-state index contributed by atoms with van der Waals surface area (Å²) in [6.07, 6.45) is 7.03. The van der Waals surface area contributed by atoms with Crippen LogP contribution in [0.5, 0.6) is 0 Å². The first-order valence-electron chi connectivity index (χ1n) is 9.08. The van der Waals surface area contributed by atoms with Gasteiger partial charge in [0.15, 0.2) is 0 Å². The van der Waals surface area contributed by atoms with E-state index < -0.39 is 0 Å². The molecule has 1 heterocycles. The van der Waals surface area contributed by atoms with E-state index >= 15 is 0 Å². The van der Waals surface area contributed by atoms with Crippen LogP contribution in [-0.4, -0.2) is 10.1 Å². The van der Waals surface area contributed by atoms with Crippen LogP contribution < -0.4 is 5.32 Å². The van der Waals surface area contributed by atoms with Gasteiger partial charge in [-0.2, -0.15) is 0 Å². The zero-order valence-corrected chi connectivity index (χ0v) is 18.2. The molecule has 0 aliphatic carbocycles. The highest BCUT2D eigenvalue weighted by Crippen LogP contribution is 2.37. The normalized spacial score (nSPS) is 11.5. The van der Waals surface area contributed by atoms with Crippen LogP contribution in [0.4, 0.5) is 5.88 Å². The lowest BCUT2D eigenvalue weighted by Crippen LogP contribution is -2.24. The topological polar surface area (TPSA) is 38.1 Å². The lowest BCUT2D eigenvalue weighted by Gasteiger charge is -2.29. The number of halogens is 1. The number of rotatable bonds is 9. The predicted molar refractivity (Wildman–Crippen MR) is 117 cm³/mol. The van der Waals surface area contributed by atoms with Gasteiger partial charge < -0.3 is 9.84 Å². The van der Waals surface area contributed by atoms with Crippen molar-refractivity contribution in [3.8, 4) is 0 Å². The van der Waals surface area contributed by atoms with Crippen LogP contribution in [0.2, 0.25) is 0 Å². The molecule has 0 radical (unpaired) electrons. The van der Waals surface area contributed by atoms with Gasteiger partial charge >= 0.3 is 0 Å². The van der Waals surface area contributed by atoms with Gasteiger partial charge in [0, 0.05) is 20.6 Å². The summed E-state index contributed by atoms with van der Waals surface area (Å²) in [5.74, 6) is 0.625. The lowest BCUT2D eigenvalue weighted by atomic mass is 9.75. The number of hydrogen-bond donors (Lipinski definition) is 1. The van der Waals surface area contributed by atoms with Gasteiger partial charge in [-0.3, -0.25) is 0 Å². The van der Waals surface area contributed by atoms with Gasteiger partial charge in [0.1, 0.15) is 4.99 Å². The molecular weight excluding hydrogens is 443 g/mol. The molecular formula is C20H27IN2OS. The third-order valence-electron chi connectivity index (χ3n) is 5.01. The Bertz CT molecular complexity index is 677. The molecule has 1 N–H and O–H groups in total. The minimum atomic E-state index is 0.100. The van der Waals surface area contributed by atoms with Gasteiger partial charge in [0.25, 0.3) is 0 Å². The van der Waals surface area contributed by atoms with E-state index in [0.717, 1.165) is 30.5 Å². The van der Waals surface area contributed by atoms with Crippen LogP contribution in [0.25, 0.3) is 0 Å². The van der Waals surface area contributed by atoms with E-state index in [1.54, 1.807) is 0 Å². The second-order valence-electron chi connectivity index (χ2n) is 6.48. The second kappa shape index (κ2) is 9.67. The van der Waals surface area contributed by atoms with E-state index in [1.165, 1.54) is 22.8 Å². The minimum Gasteiger partial charge on any atom is -0.338 e. The lowest BCUT2D eigenvalue weighted by molar-refractivity contribution is 0.316. The van der Waals surface area contributed by atoms with Crippen molar-refractivity contribution in [1.82, 2.24) is 5.16 Å². The Balaban J connectivity index is 2.11. The van der Waals surface area contributed by atoms with E-state index in [2.05, 4.69) is 53.8 Å². The average Bonchev–Trinajstić information content (AvgIpc) is 3.08. The molecule has 1 aromatic carbocycles. The third kappa shape index (κ3) is 5.26. The highest BCUT2D eigenvalue weighted by Gasteiger charge is 2.31. The number of nitrogens with zero attached hydrogens (tertiary/aromatic N) is 1. The summed E-state index contributed by atoms with van der Waals surface area (Å²) in [5, 5.41) is 7.56. The zero-order valence-electron chi connectivity index (χ0n) is 15.3. The molecule has 0 atom stereocenters. The smallest absolute Gasteiger partial charge is 0.229 e. The maximum Gasteiger partial charge on any atom is 0.229 e. The summed E-state index contributed by atoms with van der Waals surface area (Å²) in [5.41, 5.74) is 2.12. The summed E-state index contributed by atoms with van der Waals surface area (Å²) in [6, 6.07) is 10.1. The molecule has 0 aliphatic heterocycles. The van der Waals surface area contributed by atoms with Gasteiger partial charge in [-0.25, -0.2) is 0 Å². The van der Waals surface area contributed by atoms with Gasteiger partial charge in [0.2, 0.25) is 5.88 Å². The molecule has 0 saturated heterocycles. The molecule has 5 heteroatoms. The van der Waals surface area contributed by atoms with Crippen LogP contribution in [0.15, 0.2) is 34.9 Å². The van der Waals surface area contributed by atoms with Crippen LogP contribution in [-0.2, 0) is 5.41 Å². The quantitative estimate of drug-likeness (QED) is 0.251. The molecule has 2 rings (SSSR count). The fourth-order valence-corrected chi connectivity index (χ4v) is 3.77. The predicted octanol–water partition coefficient (Wildman–Crippen LogP) is 6.70. The number of nitrogens with one attached hydrogen (secondary N) is 1. The standard InChI is InChI=1S/C20H27IN2OS/c1-4-7-8-13-20(5-2,6-3)17-14-18(24-23-17)22-19(25)15-9-11-16(21)12-10-15/h9-12,14H,4-8,13H2,1-3H3,(H,22,25). The largest absolute Gasteiger partial charge is 0.338 e. The minimum absolute atomic E-state index is 0.100. The summed E-state index contributed by atoms with van der Waals surface area (Å²) < 4.78 is 6.74. The number of hydrogen-bond acceptors (Lipinski definition) is 3. The molecule has 1 aromatic heterocycles. The second-order valence-corrected chi connectivity index (χ2v) is 8.14. The fraction of sp³-hybridized carbons (Fsp3) is 0.500. The molecule has 0 fully saturated rings. The van der Waals surface area contributed by atoms with Crippen molar-refractivity contribution in [1.29, 1.82) is 0 Å². The third-order valence-corrected chi connectivity index (χ3v) is 6.07. The molecule has 0 amide bonds. The zero-order chi connectivity index (χ0) is 18.3. The summed E-state index contributed by atoms with van der Waals surface area (Å²) in [7, 11) is 0. The first-order chi connectivity index (χ1) is 12.0.